The predicted molar refractivity (Wildman–Crippen MR) is 99.6 cm³/mol. The first kappa shape index (κ1) is 17.5. The Morgan fingerprint density at radius 1 is 1.19 bits per heavy atom. The summed E-state index contributed by atoms with van der Waals surface area (Å²) in [7, 11) is 2.17. The van der Waals surface area contributed by atoms with Gasteiger partial charge < -0.3 is 14.5 Å². The first-order valence-electron chi connectivity index (χ1n) is 8.83. The molecule has 4 rings (SSSR count). The number of halogens is 2. The number of ether oxygens (including phenoxy) is 1. The first-order chi connectivity index (χ1) is 12.5. The van der Waals surface area contributed by atoms with Gasteiger partial charge in [0.2, 0.25) is 0 Å². The van der Waals surface area contributed by atoms with Crippen LogP contribution in [-0.4, -0.2) is 48.1 Å². The number of benzene rings is 1. The molecule has 0 bridgehead atoms. The van der Waals surface area contributed by atoms with E-state index in [0.717, 1.165) is 38.4 Å². The standard InChI is InChI=1S/C19H22ClFN4O/c1-13-3-4-14(16(20)17(13)21)26-15-9-22-12-23-18(15)25-8-6-19(11-25)5-7-24(2)10-19/h3-4,9,12H,5-8,10-11H2,1-2H3. The number of hydrogen-bond donors (Lipinski definition) is 0. The first-order valence-corrected chi connectivity index (χ1v) is 9.21. The summed E-state index contributed by atoms with van der Waals surface area (Å²) in [6.45, 7) is 5.79. The Balaban J connectivity index is 1.59. The summed E-state index contributed by atoms with van der Waals surface area (Å²) in [6, 6.07) is 3.33. The molecular formula is C19H22ClFN4O. The Morgan fingerprint density at radius 2 is 2.00 bits per heavy atom. The molecule has 1 aromatic heterocycles. The van der Waals surface area contributed by atoms with Crippen molar-refractivity contribution in [3.8, 4) is 11.5 Å². The van der Waals surface area contributed by atoms with Gasteiger partial charge in [-0.05, 0) is 45.0 Å². The maximum atomic E-state index is 14.1. The number of nitrogens with zero attached hydrogens (tertiary/aromatic N) is 4. The molecule has 2 fully saturated rings. The summed E-state index contributed by atoms with van der Waals surface area (Å²) in [4.78, 5) is 13.1. The van der Waals surface area contributed by atoms with Crippen LogP contribution in [0.15, 0.2) is 24.7 Å². The van der Waals surface area contributed by atoms with E-state index >= 15 is 0 Å². The summed E-state index contributed by atoms with van der Waals surface area (Å²) in [5.74, 6) is 1.06. The van der Waals surface area contributed by atoms with E-state index in [9.17, 15) is 4.39 Å². The molecule has 0 aliphatic carbocycles. The van der Waals surface area contributed by atoms with Crippen LogP contribution >= 0.6 is 11.6 Å². The average Bonchev–Trinajstić information content (AvgIpc) is 3.22. The van der Waals surface area contributed by atoms with Crippen molar-refractivity contribution >= 4 is 17.4 Å². The van der Waals surface area contributed by atoms with Gasteiger partial charge in [-0.3, -0.25) is 0 Å². The van der Waals surface area contributed by atoms with E-state index in [1.807, 2.05) is 0 Å². The van der Waals surface area contributed by atoms with Crippen LogP contribution in [-0.2, 0) is 0 Å². The number of rotatable bonds is 3. The Bertz CT molecular complexity index is 833. The highest BCUT2D eigenvalue weighted by Crippen LogP contribution is 2.43. The van der Waals surface area contributed by atoms with Crippen LogP contribution in [0.2, 0.25) is 5.02 Å². The zero-order valence-electron chi connectivity index (χ0n) is 15.0. The molecule has 2 aliphatic heterocycles. The van der Waals surface area contributed by atoms with Crippen molar-refractivity contribution in [1.29, 1.82) is 0 Å². The van der Waals surface area contributed by atoms with E-state index in [4.69, 9.17) is 16.3 Å². The molecular weight excluding hydrogens is 355 g/mol. The minimum atomic E-state index is -0.461. The normalized spacial score (nSPS) is 23.2. The average molecular weight is 377 g/mol. The van der Waals surface area contributed by atoms with E-state index in [0.29, 0.717) is 16.7 Å². The summed E-state index contributed by atoms with van der Waals surface area (Å²) in [5.41, 5.74) is 0.809. The molecule has 0 N–H and O–H groups in total. The fourth-order valence-electron chi connectivity index (χ4n) is 4.05. The molecule has 0 radical (unpaired) electrons. The highest BCUT2D eigenvalue weighted by atomic mass is 35.5. The molecule has 2 saturated heterocycles. The number of anilines is 1. The third-order valence-corrected chi connectivity index (χ3v) is 5.84. The molecule has 0 amide bonds. The maximum Gasteiger partial charge on any atom is 0.188 e. The van der Waals surface area contributed by atoms with Crippen molar-refractivity contribution in [1.82, 2.24) is 14.9 Å². The molecule has 2 aliphatic rings. The third kappa shape index (κ3) is 3.12. The van der Waals surface area contributed by atoms with Gasteiger partial charge in [-0.25, -0.2) is 14.4 Å². The predicted octanol–water partition coefficient (Wildman–Crippen LogP) is 3.90. The Kier molecular flexibility index (Phi) is 4.49. The van der Waals surface area contributed by atoms with Gasteiger partial charge in [0.25, 0.3) is 0 Å². The van der Waals surface area contributed by atoms with Gasteiger partial charge in [-0.15, -0.1) is 0 Å². The zero-order valence-corrected chi connectivity index (χ0v) is 15.8. The monoisotopic (exact) mass is 376 g/mol. The summed E-state index contributed by atoms with van der Waals surface area (Å²) in [5, 5.41) is -0.0184. The lowest BCUT2D eigenvalue weighted by Gasteiger charge is -2.25. The topological polar surface area (TPSA) is 41.5 Å². The number of aromatic nitrogens is 2. The lowest BCUT2D eigenvalue weighted by atomic mass is 9.86. The van der Waals surface area contributed by atoms with Crippen LogP contribution in [0.3, 0.4) is 0 Å². The smallest absolute Gasteiger partial charge is 0.188 e. The second-order valence-electron chi connectivity index (χ2n) is 7.48. The van der Waals surface area contributed by atoms with Crippen LogP contribution < -0.4 is 9.64 Å². The van der Waals surface area contributed by atoms with Crippen molar-refractivity contribution in [2.75, 3.05) is 38.1 Å². The molecule has 5 nitrogen and oxygen atoms in total. The molecule has 138 valence electrons. The minimum Gasteiger partial charge on any atom is -0.450 e. The van der Waals surface area contributed by atoms with Gasteiger partial charge in [-0.2, -0.15) is 0 Å². The molecule has 0 saturated carbocycles. The molecule has 1 spiro atoms. The van der Waals surface area contributed by atoms with Gasteiger partial charge in [0.1, 0.15) is 22.9 Å². The van der Waals surface area contributed by atoms with Crippen LogP contribution in [0.25, 0.3) is 0 Å². The zero-order chi connectivity index (χ0) is 18.3. The quantitative estimate of drug-likeness (QED) is 0.812. The Hall–Kier alpha value is -1.92. The van der Waals surface area contributed by atoms with E-state index in [-0.39, 0.29) is 10.8 Å². The van der Waals surface area contributed by atoms with Crippen molar-refractivity contribution in [2.24, 2.45) is 5.41 Å². The van der Waals surface area contributed by atoms with E-state index < -0.39 is 5.82 Å². The largest absolute Gasteiger partial charge is 0.450 e. The SMILES string of the molecule is Cc1ccc(Oc2cncnc2N2CCC3(CCN(C)C3)C2)c(Cl)c1F. The van der Waals surface area contributed by atoms with E-state index in [1.165, 1.54) is 12.7 Å². The number of aryl methyl sites for hydroxylation is 1. The van der Waals surface area contributed by atoms with Crippen molar-refractivity contribution in [3.63, 3.8) is 0 Å². The second-order valence-corrected chi connectivity index (χ2v) is 7.86. The van der Waals surface area contributed by atoms with Gasteiger partial charge in [0.05, 0.1) is 6.20 Å². The minimum absolute atomic E-state index is 0.0184. The van der Waals surface area contributed by atoms with Gasteiger partial charge in [-0.1, -0.05) is 17.7 Å². The summed E-state index contributed by atoms with van der Waals surface area (Å²) < 4.78 is 20.0. The molecule has 2 aromatic rings. The van der Waals surface area contributed by atoms with Crippen molar-refractivity contribution < 1.29 is 9.13 Å². The Morgan fingerprint density at radius 3 is 2.77 bits per heavy atom. The Labute approximate surface area is 157 Å². The van der Waals surface area contributed by atoms with Crippen molar-refractivity contribution in [2.45, 2.75) is 19.8 Å². The van der Waals surface area contributed by atoms with Crippen LogP contribution in [0.1, 0.15) is 18.4 Å². The van der Waals surface area contributed by atoms with Crippen LogP contribution in [0.5, 0.6) is 11.5 Å². The van der Waals surface area contributed by atoms with Crippen molar-refractivity contribution in [3.05, 3.63) is 41.1 Å². The highest BCUT2D eigenvalue weighted by molar-refractivity contribution is 6.32. The molecule has 7 heteroatoms. The third-order valence-electron chi connectivity index (χ3n) is 5.49. The van der Waals surface area contributed by atoms with Gasteiger partial charge in [0.15, 0.2) is 11.6 Å². The second kappa shape index (κ2) is 6.67. The van der Waals surface area contributed by atoms with E-state index in [1.54, 1.807) is 25.3 Å². The number of hydrogen-bond acceptors (Lipinski definition) is 5. The highest BCUT2D eigenvalue weighted by Gasteiger charge is 2.43. The van der Waals surface area contributed by atoms with Gasteiger partial charge in [0, 0.05) is 25.0 Å². The summed E-state index contributed by atoms with van der Waals surface area (Å²) in [6.07, 6.45) is 5.48. The number of likely N-dealkylation sites (tertiary alicyclic amines) is 1. The van der Waals surface area contributed by atoms with E-state index in [2.05, 4.69) is 26.8 Å². The van der Waals surface area contributed by atoms with Crippen LogP contribution in [0, 0.1) is 18.2 Å². The fourth-order valence-corrected chi connectivity index (χ4v) is 4.30. The molecule has 1 aromatic carbocycles. The molecule has 1 atom stereocenters. The van der Waals surface area contributed by atoms with Crippen LogP contribution in [0.4, 0.5) is 10.2 Å². The molecule has 3 heterocycles. The maximum absolute atomic E-state index is 14.1. The fraction of sp³-hybridized carbons (Fsp3) is 0.474. The van der Waals surface area contributed by atoms with Gasteiger partial charge >= 0.3 is 0 Å². The summed E-state index contributed by atoms with van der Waals surface area (Å²) >= 11 is 6.11. The molecule has 26 heavy (non-hydrogen) atoms. The lowest BCUT2D eigenvalue weighted by molar-refractivity contribution is 0.311. The lowest BCUT2D eigenvalue weighted by Crippen LogP contribution is -2.30. The molecule has 1 unspecified atom stereocenters.